The first-order valence-electron chi connectivity index (χ1n) is 7.38. The highest BCUT2D eigenvalue weighted by molar-refractivity contribution is 5.99. The summed E-state index contributed by atoms with van der Waals surface area (Å²) >= 11 is 0. The second kappa shape index (κ2) is 4.71. The van der Waals surface area contributed by atoms with Gasteiger partial charge in [-0.2, -0.15) is 0 Å². The van der Waals surface area contributed by atoms with Crippen molar-refractivity contribution in [1.82, 2.24) is 0 Å². The predicted octanol–water partition coefficient (Wildman–Crippen LogP) is 2.63. The van der Waals surface area contributed by atoms with Crippen LogP contribution in [-0.4, -0.2) is 11.0 Å². The lowest BCUT2D eigenvalue weighted by atomic mass is 9.92. The molecule has 21 heavy (non-hydrogen) atoms. The van der Waals surface area contributed by atoms with Gasteiger partial charge in [0, 0.05) is 5.69 Å². The Labute approximate surface area is 123 Å². The topological polar surface area (TPSA) is 49.3 Å². The van der Waals surface area contributed by atoms with Crippen LogP contribution >= 0.6 is 0 Å². The molecule has 2 aromatic carbocycles. The standard InChI is InChI=1S/C18H17NO2/c20-17-10-14-9-13(5-6-16(14)19-17)18(21)15-7-11-3-1-2-4-12(11)8-15/h1-6,9,15,18,21H,7-8,10H2,(H,19,20). The van der Waals surface area contributed by atoms with Crippen LogP contribution in [0.5, 0.6) is 0 Å². The first-order chi connectivity index (χ1) is 10.2. The number of hydrogen-bond acceptors (Lipinski definition) is 2. The minimum atomic E-state index is -0.474. The number of hydrogen-bond donors (Lipinski definition) is 2. The van der Waals surface area contributed by atoms with Gasteiger partial charge >= 0.3 is 0 Å². The van der Waals surface area contributed by atoms with E-state index in [4.69, 9.17) is 0 Å². The number of fused-ring (bicyclic) bond motifs is 2. The summed E-state index contributed by atoms with van der Waals surface area (Å²) in [7, 11) is 0. The van der Waals surface area contributed by atoms with Crippen LogP contribution in [0.1, 0.15) is 28.4 Å². The lowest BCUT2D eigenvalue weighted by molar-refractivity contribution is -0.115. The average Bonchev–Trinajstić information content (AvgIpc) is 3.07. The van der Waals surface area contributed by atoms with Gasteiger partial charge in [-0.1, -0.05) is 36.4 Å². The quantitative estimate of drug-likeness (QED) is 0.888. The van der Waals surface area contributed by atoms with Crippen molar-refractivity contribution in [2.75, 3.05) is 5.32 Å². The lowest BCUT2D eigenvalue weighted by Gasteiger charge is -2.18. The fourth-order valence-corrected chi connectivity index (χ4v) is 3.52. The molecule has 1 atom stereocenters. The largest absolute Gasteiger partial charge is 0.388 e. The van der Waals surface area contributed by atoms with E-state index < -0.39 is 6.10 Å². The molecule has 0 aromatic heterocycles. The van der Waals surface area contributed by atoms with Crippen molar-refractivity contribution in [2.45, 2.75) is 25.4 Å². The predicted molar refractivity (Wildman–Crippen MR) is 81.1 cm³/mol. The fraction of sp³-hybridized carbons (Fsp3) is 0.278. The molecule has 1 amide bonds. The molecule has 3 heteroatoms. The maximum Gasteiger partial charge on any atom is 0.228 e. The Morgan fingerprint density at radius 1 is 1.05 bits per heavy atom. The molecule has 1 aliphatic heterocycles. The molecule has 0 spiro atoms. The molecule has 2 N–H and O–H groups in total. The van der Waals surface area contributed by atoms with Crippen molar-refractivity contribution in [3.8, 4) is 0 Å². The van der Waals surface area contributed by atoms with Gasteiger partial charge in [-0.25, -0.2) is 0 Å². The second-order valence-electron chi connectivity index (χ2n) is 6.02. The van der Waals surface area contributed by atoms with Crippen LogP contribution in [0, 0.1) is 5.92 Å². The van der Waals surface area contributed by atoms with Crippen molar-refractivity contribution < 1.29 is 9.90 Å². The zero-order chi connectivity index (χ0) is 14.4. The highest BCUT2D eigenvalue weighted by Gasteiger charge is 2.29. The van der Waals surface area contributed by atoms with Gasteiger partial charge in [-0.15, -0.1) is 0 Å². The third kappa shape index (κ3) is 2.14. The van der Waals surface area contributed by atoms with E-state index in [1.54, 1.807) is 0 Å². The highest BCUT2D eigenvalue weighted by Crippen LogP contribution is 2.36. The van der Waals surface area contributed by atoms with Crippen molar-refractivity contribution in [1.29, 1.82) is 0 Å². The Kier molecular flexibility index (Phi) is 2.82. The molecule has 3 nitrogen and oxygen atoms in total. The molecule has 1 aliphatic carbocycles. The molecule has 2 aromatic rings. The molecule has 106 valence electrons. The molecular weight excluding hydrogens is 262 g/mol. The Balaban J connectivity index is 1.58. The summed E-state index contributed by atoms with van der Waals surface area (Å²) in [4.78, 5) is 11.4. The van der Waals surface area contributed by atoms with Gasteiger partial charge in [0.25, 0.3) is 0 Å². The van der Waals surface area contributed by atoms with Crippen LogP contribution in [0.4, 0.5) is 5.69 Å². The molecule has 1 unspecified atom stereocenters. The Hall–Kier alpha value is -2.13. The molecule has 0 saturated heterocycles. The average molecular weight is 279 g/mol. The van der Waals surface area contributed by atoms with Gasteiger partial charge < -0.3 is 10.4 Å². The smallest absolute Gasteiger partial charge is 0.228 e. The maximum atomic E-state index is 11.4. The number of carbonyl (C=O) groups is 1. The first kappa shape index (κ1) is 12.6. The third-order valence-electron chi connectivity index (χ3n) is 4.63. The fourth-order valence-electron chi connectivity index (χ4n) is 3.52. The molecule has 2 aliphatic rings. The van der Waals surface area contributed by atoms with Gasteiger partial charge in [0.2, 0.25) is 5.91 Å². The highest BCUT2D eigenvalue weighted by atomic mass is 16.3. The number of anilines is 1. The second-order valence-corrected chi connectivity index (χ2v) is 6.02. The number of amides is 1. The van der Waals surface area contributed by atoms with Crippen molar-refractivity contribution in [2.24, 2.45) is 5.92 Å². The summed E-state index contributed by atoms with van der Waals surface area (Å²) in [5.41, 5.74) is 5.49. The van der Waals surface area contributed by atoms with E-state index in [1.165, 1.54) is 11.1 Å². The van der Waals surface area contributed by atoms with E-state index in [-0.39, 0.29) is 11.8 Å². The zero-order valence-electron chi connectivity index (χ0n) is 11.7. The number of aliphatic hydroxyl groups excluding tert-OH is 1. The molecule has 0 radical (unpaired) electrons. The van der Waals surface area contributed by atoms with Crippen molar-refractivity contribution in [3.05, 3.63) is 64.7 Å². The molecule has 4 rings (SSSR count). The lowest BCUT2D eigenvalue weighted by Crippen LogP contribution is -2.13. The summed E-state index contributed by atoms with van der Waals surface area (Å²) in [6.07, 6.45) is 1.79. The normalized spacial score (nSPS) is 18.2. The Morgan fingerprint density at radius 2 is 1.76 bits per heavy atom. The molecule has 1 heterocycles. The van der Waals surface area contributed by atoms with Gasteiger partial charge in [-0.05, 0) is 47.1 Å². The molecular formula is C18H17NO2. The van der Waals surface area contributed by atoms with Gasteiger partial charge in [0.05, 0.1) is 12.5 Å². The van der Waals surface area contributed by atoms with Crippen LogP contribution < -0.4 is 5.32 Å². The summed E-state index contributed by atoms with van der Waals surface area (Å²) in [6, 6.07) is 14.2. The number of nitrogens with one attached hydrogen (secondary N) is 1. The number of rotatable bonds is 2. The first-order valence-corrected chi connectivity index (χ1v) is 7.38. The van der Waals surface area contributed by atoms with E-state index in [2.05, 4.69) is 29.6 Å². The van der Waals surface area contributed by atoms with E-state index >= 15 is 0 Å². The minimum absolute atomic E-state index is 0.0323. The van der Waals surface area contributed by atoms with Crippen LogP contribution in [0.2, 0.25) is 0 Å². The van der Waals surface area contributed by atoms with Crippen molar-refractivity contribution in [3.63, 3.8) is 0 Å². The molecule has 0 fully saturated rings. The Morgan fingerprint density at radius 3 is 2.48 bits per heavy atom. The van der Waals surface area contributed by atoms with E-state index in [0.717, 1.165) is 29.7 Å². The van der Waals surface area contributed by atoms with Gasteiger partial charge in [0.15, 0.2) is 0 Å². The van der Waals surface area contributed by atoms with E-state index in [1.807, 2.05) is 18.2 Å². The summed E-state index contributed by atoms with van der Waals surface area (Å²) in [5.74, 6) is 0.260. The monoisotopic (exact) mass is 279 g/mol. The van der Waals surface area contributed by atoms with Crippen LogP contribution in [0.3, 0.4) is 0 Å². The van der Waals surface area contributed by atoms with Crippen LogP contribution in [-0.2, 0) is 24.1 Å². The van der Waals surface area contributed by atoms with Gasteiger partial charge in [0.1, 0.15) is 0 Å². The molecule has 0 saturated carbocycles. The number of benzene rings is 2. The maximum absolute atomic E-state index is 11.4. The minimum Gasteiger partial charge on any atom is -0.388 e. The van der Waals surface area contributed by atoms with Crippen molar-refractivity contribution >= 4 is 11.6 Å². The van der Waals surface area contributed by atoms with Crippen LogP contribution in [0.25, 0.3) is 0 Å². The number of aliphatic hydroxyl groups is 1. The summed E-state index contributed by atoms with van der Waals surface area (Å²) in [6.45, 7) is 0. The molecule has 0 bridgehead atoms. The Bertz CT molecular complexity index is 698. The van der Waals surface area contributed by atoms with Crippen LogP contribution in [0.15, 0.2) is 42.5 Å². The third-order valence-corrected chi connectivity index (χ3v) is 4.63. The number of carbonyl (C=O) groups excluding carboxylic acids is 1. The van der Waals surface area contributed by atoms with Gasteiger partial charge in [-0.3, -0.25) is 4.79 Å². The van der Waals surface area contributed by atoms with E-state index in [9.17, 15) is 9.90 Å². The zero-order valence-corrected chi connectivity index (χ0v) is 11.7. The summed E-state index contributed by atoms with van der Waals surface area (Å²) in [5, 5.41) is 13.5. The SMILES string of the molecule is O=C1Cc2cc(C(O)C3Cc4ccccc4C3)ccc2N1. The summed E-state index contributed by atoms with van der Waals surface area (Å²) < 4.78 is 0. The van der Waals surface area contributed by atoms with E-state index in [0.29, 0.717) is 6.42 Å².